The van der Waals surface area contributed by atoms with Crippen LogP contribution in [-0.2, 0) is 10.0 Å². The Balaban J connectivity index is 1.53. The molecule has 6 nitrogen and oxygen atoms in total. The minimum absolute atomic E-state index is 0.0378. The highest BCUT2D eigenvalue weighted by molar-refractivity contribution is 7.88. The first-order chi connectivity index (χ1) is 16.4. The minimum Gasteiger partial charge on any atom is -0.338 e. The van der Waals surface area contributed by atoms with Crippen molar-refractivity contribution in [3.8, 4) is 11.3 Å². The zero-order valence-corrected chi connectivity index (χ0v) is 19.9. The Morgan fingerprint density at radius 3 is 2.59 bits per heavy atom. The lowest BCUT2D eigenvalue weighted by Crippen LogP contribution is -2.43. The Kier molecular flexibility index (Phi) is 6.06. The second-order valence-electron chi connectivity index (χ2n) is 8.98. The maximum Gasteiger partial charge on any atom is 0.254 e. The van der Waals surface area contributed by atoms with Crippen molar-refractivity contribution in [2.24, 2.45) is 5.92 Å². The third-order valence-corrected chi connectivity index (χ3v) is 7.14. The number of benzene rings is 3. The molecule has 1 aliphatic heterocycles. The van der Waals surface area contributed by atoms with Gasteiger partial charge in [0.25, 0.3) is 5.91 Å². The molecule has 1 unspecified atom stereocenters. The maximum atomic E-state index is 13.8. The van der Waals surface area contributed by atoms with Crippen LogP contribution in [-0.4, -0.2) is 50.1 Å². The van der Waals surface area contributed by atoms with Crippen LogP contribution in [0.5, 0.6) is 0 Å². The highest BCUT2D eigenvalue weighted by Crippen LogP contribution is 2.31. The van der Waals surface area contributed by atoms with Gasteiger partial charge >= 0.3 is 0 Å². The molecule has 1 aromatic heterocycles. The summed E-state index contributed by atoms with van der Waals surface area (Å²) in [6, 6.07) is 24.0. The number of pyridine rings is 1. The number of piperidine rings is 1. The Bertz CT molecular complexity index is 1480. The summed E-state index contributed by atoms with van der Waals surface area (Å²) in [5, 5.41) is 3.05. The molecule has 0 saturated carbocycles. The van der Waals surface area contributed by atoms with Crippen molar-refractivity contribution >= 4 is 37.6 Å². The first-order valence-corrected chi connectivity index (χ1v) is 13.4. The number of fused-ring (bicyclic) bond motifs is 2. The van der Waals surface area contributed by atoms with E-state index in [9.17, 15) is 13.2 Å². The second kappa shape index (κ2) is 9.16. The molecule has 1 aliphatic rings. The van der Waals surface area contributed by atoms with E-state index in [1.54, 1.807) is 0 Å². The first kappa shape index (κ1) is 22.5. The molecule has 1 fully saturated rings. The highest BCUT2D eigenvalue weighted by Gasteiger charge is 2.27. The summed E-state index contributed by atoms with van der Waals surface area (Å²) in [5.41, 5.74) is 3.17. The van der Waals surface area contributed by atoms with E-state index in [0.717, 1.165) is 52.0 Å². The average molecular weight is 474 g/mol. The molecule has 34 heavy (non-hydrogen) atoms. The standard InChI is InChI=1S/C27H27N3O3S/c1-34(32,33)28-17-19-8-7-15-30(18-19)27(31)24-16-26(29-25-14-5-4-12-23(24)25)22-13-6-10-20-9-2-3-11-21(20)22/h2-6,9-14,16,19,28H,7-8,15,17-18H2,1H3. The summed E-state index contributed by atoms with van der Waals surface area (Å²) in [4.78, 5) is 20.5. The van der Waals surface area contributed by atoms with Crippen molar-refractivity contribution in [3.05, 3.63) is 78.4 Å². The SMILES string of the molecule is CS(=O)(=O)NCC1CCCN(C(=O)c2cc(-c3cccc4ccccc34)nc3ccccc23)C1. The number of hydrogen-bond acceptors (Lipinski definition) is 4. The molecule has 1 atom stereocenters. The molecule has 0 radical (unpaired) electrons. The summed E-state index contributed by atoms with van der Waals surface area (Å²) in [7, 11) is -3.26. The molecule has 1 saturated heterocycles. The number of rotatable bonds is 5. The Hall–Kier alpha value is -3.29. The highest BCUT2D eigenvalue weighted by atomic mass is 32.2. The van der Waals surface area contributed by atoms with Gasteiger partial charge in [-0.25, -0.2) is 18.1 Å². The quantitative estimate of drug-likeness (QED) is 0.464. The molecule has 4 aromatic rings. The lowest BCUT2D eigenvalue weighted by molar-refractivity contribution is 0.0678. The molecule has 7 heteroatoms. The Morgan fingerprint density at radius 1 is 1.03 bits per heavy atom. The van der Waals surface area contributed by atoms with Crippen LogP contribution in [0.2, 0.25) is 0 Å². The van der Waals surface area contributed by atoms with Gasteiger partial charge < -0.3 is 4.90 Å². The van der Waals surface area contributed by atoms with E-state index >= 15 is 0 Å². The van der Waals surface area contributed by atoms with Gasteiger partial charge in [-0.3, -0.25) is 4.79 Å². The number of carbonyl (C=O) groups is 1. The van der Waals surface area contributed by atoms with Gasteiger partial charge in [0.1, 0.15) is 0 Å². The summed E-state index contributed by atoms with van der Waals surface area (Å²) in [5.74, 6) is 0.0576. The van der Waals surface area contributed by atoms with Crippen molar-refractivity contribution < 1.29 is 13.2 Å². The molecular weight excluding hydrogens is 446 g/mol. The van der Waals surface area contributed by atoms with Crippen LogP contribution in [0.1, 0.15) is 23.2 Å². The zero-order valence-electron chi connectivity index (χ0n) is 19.1. The lowest BCUT2D eigenvalue weighted by atomic mass is 9.96. The number of sulfonamides is 1. The van der Waals surface area contributed by atoms with E-state index in [1.807, 2.05) is 59.5 Å². The summed E-state index contributed by atoms with van der Waals surface area (Å²) in [6.07, 6.45) is 2.91. The zero-order chi connectivity index (χ0) is 23.7. The van der Waals surface area contributed by atoms with E-state index in [2.05, 4.69) is 22.9 Å². The molecule has 5 rings (SSSR count). The molecule has 0 spiro atoms. The second-order valence-corrected chi connectivity index (χ2v) is 10.8. The fraction of sp³-hybridized carbons (Fsp3) is 0.259. The van der Waals surface area contributed by atoms with Crippen molar-refractivity contribution in [1.29, 1.82) is 0 Å². The Morgan fingerprint density at radius 2 is 1.76 bits per heavy atom. The van der Waals surface area contributed by atoms with Gasteiger partial charge in [0.05, 0.1) is 23.0 Å². The molecule has 2 heterocycles. The van der Waals surface area contributed by atoms with E-state index in [0.29, 0.717) is 25.2 Å². The molecular formula is C27H27N3O3S. The lowest BCUT2D eigenvalue weighted by Gasteiger charge is -2.33. The third-order valence-electron chi connectivity index (χ3n) is 6.45. The number of hydrogen-bond donors (Lipinski definition) is 1. The summed E-state index contributed by atoms with van der Waals surface area (Å²) >= 11 is 0. The monoisotopic (exact) mass is 473 g/mol. The Labute approximate surface area is 199 Å². The number of para-hydroxylation sites is 1. The van der Waals surface area contributed by atoms with Gasteiger partial charge in [-0.1, -0.05) is 60.7 Å². The molecule has 1 N–H and O–H groups in total. The predicted octanol–water partition coefficient (Wildman–Crippen LogP) is 4.46. The van der Waals surface area contributed by atoms with Crippen LogP contribution in [0, 0.1) is 5.92 Å². The molecule has 174 valence electrons. The van der Waals surface area contributed by atoms with Crippen LogP contribution in [0.3, 0.4) is 0 Å². The van der Waals surface area contributed by atoms with Crippen LogP contribution >= 0.6 is 0 Å². The van der Waals surface area contributed by atoms with Crippen LogP contribution < -0.4 is 4.72 Å². The summed E-state index contributed by atoms with van der Waals surface area (Å²) < 4.78 is 25.6. The first-order valence-electron chi connectivity index (χ1n) is 11.5. The van der Waals surface area contributed by atoms with E-state index in [1.165, 1.54) is 0 Å². The van der Waals surface area contributed by atoms with Gasteiger partial charge in [0, 0.05) is 30.6 Å². The predicted molar refractivity (Wildman–Crippen MR) is 136 cm³/mol. The third kappa shape index (κ3) is 4.67. The number of aromatic nitrogens is 1. The number of nitrogens with one attached hydrogen (secondary N) is 1. The van der Waals surface area contributed by atoms with E-state index in [4.69, 9.17) is 4.98 Å². The normalized spacial score (nSPS) is 16.7. The largest absolute Gasteiger partial charge is 0.338 e. The molecule has 0 bridgehead atoms. The van der Waals surface area contributed by atoms with Gasteiger partial charge in [-0.15, -0.1) is 0 Å². The number of amides is 1. The maximum absolute atomic E-state index is 13.8. The van der Waals surface area contributed by atoms with Crippen molar-refractivity contribution in [3.63, 3.8) is 0 Å². The van der Waals surface area contributed by atoms with Gasteiger partial charge in [0.2, 0.25) is 10.0 Å². The van der Waals surface area contributed by atoms with Crippen LogP contribution in [0.15, 0.2) is 72.8 Å². The van der Waals surface area contributed by atoms with E-state index < -0.39 is 10.0 Å². The minimum atomic E-state index is -3.26. The molecule has 0 aliphatic carbocycles. The van der Waals surface area contributed by atoms with Gasteiger partial charge in [0.15, 0.2) is 0 Å². The van der Waals surface area contributed by atoms with Crippen molar-refractivity contribution in [1.82, 2.24) is 14.6 Å². The van der Waals surface area contributed by atoms with Crippen molar-refractivity contribution in [2.75, 3.05) is 25.9 Å². The van der Waals surface area contributed by atoms with E-state index in [-0.39, 0.29) is 11.8 Å². The van der Waals surface area contributed by atoms with Crippen LogP contribution in [0.25, 0.3) is 32.9 Å². The van der Waals surface area contributed by atoms with Crippen molar-refractivity contribution in [2.45, 2.75) is 12.8 Å². The van der Waals surface area contributed by atoms with Gasteiger partial charge in [-0.2, -0.15) is 0 Å². The smallest absolute Gasteiger partial charge is 0.254 e. The number of carbonyl (C=O) groups excluding carboxylic acids is 1. The fourth-order valence-corrected chi connectivity index (χ4v) is 5.33. The topological polar surface area (TPSA) is 79.4 Å². The number of nitrogens with zero attached hydrogens (tertiary/aromatic N) is 2. The summed E-state index contributed by atoms with van der Waals surface area (Å²) in [6.45, 7) is 1.54. The average Bonchev–Trinajstić information content (AvgIpc) is 2.86. The van der Waals surface area contributed by atoms with Crippen LogP contribution in [0.4, 0.5) is 0 Å². The molecule has 1 amide bonds. The van der Waals surface area contributed by atoms with Gasteiger partial charge in [-0.05, 0) is 41.7 Å². The molecule has 3 aromatic carbocycles. The number of likely N-dealkylation sites (tertiary alicyclic amines) is 1. The fourth-order valence-electron chi connectivity index (χ4n) is 4.79.